The molecule has 19 heavy (non-hydrogen) atoms. The van der Waals surface area contributed by atoms with Gasteiger partial charge in [-0.25, -0.2) is 0 Å². The number of ether oxygens (including phenoxy) is 1. The van der Waals surface area contributed by atoms with Crippen LogP contribution in [0.15, 0.2) is 41.2 Å². The standard InChI is InChI=1S/C16H14O2S/c1-3-18-12-9-8-10(2)16-14(12)15(17)11-6-4-5-7-13(11)19-16/h4-9H,3H2,1-2H3. The van der Waals surface area contributed by atoms with Gasteiger partial charge in [-0.15, -0.1) is 11.3 Å². The molecule has 1 heterocycles. The van der Waals surface area contributed by atoms with Gasteiger partial charge < -0.3 is 4.74 Å². The van der Waals surface area contributed by atoms with Gasteiger partial charge in [-0.1, -0.05) is 18.2 Å². The maximum atomic E-state index is 12.7. The zero-order chi connectivity index (χ0) is 13.4. The molecule has 2 nitrogen and oxygen atoms in total. The van der Waals surface area contributed by atoms with Crippen molar-refractivity contribution in [1.29, 1.82) is 0 Å². The number of benzene rings is 2. The Bertz CT molecular complexity index is 818. The summed E-state index contributed by atoms with van der Waals surface area (Å²) >= 11 is 1.65. The average molecular weight is 270 g/mol. The summed E-state index contributed by atoms with van der Waals surface area (Å²) in [5.41, 5.74) is 1.18. The normalized spacial score (nSPS) is 11.1. The first-order valence-corrected chi connectivity index (χ1v) is 7.12. The van der Waals surface area contributed by atoms with E-state index in [1.165, 1.54) is 0 Å². The fourth-order valence-corrected chi connectivity index (χ4v) is 3.44. The maximum absolute atomic E-state index is 12.7. The summed E-state index contributed by atoms with van der Waals surface area (Å²) < 4.78 is 7.66. The highest BCUT2D eigenvalue weighted by Gasteiger charge is 2.12. The van der Waals surface area contributed by atoms with Crippen molar-refractivity contribution < 1.29 is 4.74 Å². The lowest BCUT2D eigenvalue weighted by molar-refractivity contribution is 0.344. The van der Waals surface area contributed by atoms with E-state index in [0.29, 0.717) is 17.7 Å². The summed E-state index contributed by atoms with van der Waals surface area (Å²) in [6.07, 6.45) is 0. The van der Waals surface area contributed by atoms with Crippen molar-refractivity contribution in [3.8, 4) is 5.75 Å². The second-order valence-corrected chi connectivity index (χ2v) is 5.50. The molecule has 0 spiro atoms. The molecule has 96 valence electrons. The van der Waals surface area contributed by atoms with Gasteiger partial charge in [0, 0.05) is 14.8 Å². The van der Waals surface area contributed by atoms with Crippen LogP contribution in [0.3, 0.4) is 0 Å². The summed E-state index contributed by atoms with van der Waals surface area (Å²) in [6, 6.07) is 11.6. The van der Waals surface area contributed by atoms with Gasteiger partial charge in [0.1, 0.15) is 5.75 Å². The molecular formula is C16H14O2S. The second kappa shape index (κ2) is 4.67. The minimum atomic E-state index is 0.0662. The van der Waals surface area contributed by atoms with Gasteiger partial charge in [0.2, 0.25) is 0 Å². The largest absolute Gasteiger partial charge is 0.493 e. The predicted octanol–water partition coefficient (Wildman–Crippen LogP) is 4.12. The first-order valence-electron chi connectivity index (χ1n) is 6.30. The van der Waals surface area contributed by atoms with Gasteiger partial charge in [-0.05, 0) is 37.6 Å². The summed E-state index contributed by atoms with van der Waals surface area (Å²) in [5.74, 6) is 0.690. The Labute approximate surface area is 115 Å². The van der Waals surface area contributed by atoms with E-state index in [-0.39, 0.29) is 5.43 Å². The molecule has 3 heteroatoms. The van der Waals surface area contributed by atoms with Crippen LogP contribution >= 0.6 is 11.3 Å². The van der Waals surface area contributed by atoms with Gasteiger partial charge in [0.15, 0.2) is 5.43 Å². The number of fused-ring (bicyclic) bond motifs is 2. The van der Waals surface area contributed by atoms with E-state index >= 15 is 0 Å². The second-order valence-electron chi connectivity index (χ2n) is 4.45. The van der Waals surface area contributed by atoms with Gasteiger partial charge in [0.25, 0.3) is 0 Å². The average Bonchev–Trinajstić information content (AvgIpc) is 2.43. The lowest BCUT2D eigenvalue weighted by Crippen LogP contribution is -2.05. The van der Waals surface area contributed by atoms with E-state index in [9.17, 15) is 4.79 Å². The van der Waals surface area contributed by atoms with Gasteiger partial charge in [-0.3, -0.25) is 4.79 Å². The Morgan fingerprint density at radius 2 is 1.95 bits per heavy atom. The highest BCUT2D eigenvalue weighted by atomic mass is 32.1. The molecule has 0 aliphatic heterocycles. The van der Waals surface area contributed by atoms with Crippen LogP contribution in [0.4, 0.5) is 0 Å². The van der Waals surface area contributed by atoms with Gasteiger partial charge >= 0.3 is 0 Å². The zero-order valence-corrected chi connectivity index (χ0v) is 11.7. The van der Waals surface area contributed by atoms with E-state index in [1.54, 1.807) is 11.3 Å². The molecule has 0 saturated carbocycles. The van der Waals surface area contributed by atoms with Crippen molar-refractivity contribution in [1.82, 2.24) is 0 Å². The Morgan fingerprint density at radius 1 is 1.16 bits per heavy atom. The molecule has 0 N–H and O–H groups in total. The summed E-state index contributed by atoms with van der Waals surface area (Å²) in [5, 5.41) is 1.48. The Morgan fingerprint density at radius 3 is 2.74 bits per heavy atom. The van der Waals surface area contributed by atoms with Crippen LogP contribution in [0.5, 0.6) is 5.75 Å². The van der Waals surface area contributed by atoms with Crippen LogP contribution in [-0.2, 0) is 0 Å². The topological polar surface area (TPSA) is 26.3 Å². The van der Waals surface area contributed by atoms with E-state index < -0.39 is 0 Å². The summed E-state index contributed by atoms with van der Waals surface area (Å²) in [7, 11) is 0. The molecule has 0 fully saturated rings. The highest BCUT2D eigenvalue weighted by Crippen LogP contribution is 2.32. The molecule has 3 aromatic rings. The number of rotatable bonds is 2. The van der Waals surface area contributed by atoms with E-state index in [1.807, 2.05) is 50.2 Å². The molecule has 3 rings (SSSR count). The van der Waals surface area contributed by atoms with Crippen LogP contribution in [0.2, 0.25) is 0 Å². The monoisotopic (exact) mass is 270 g/mol. The van der Waals surface area contributed by atoms with Gasteiger partial charge in [-0.2, -0.15) is 0 Å². The Hall–Kier alpha value is -1.87. The van der Waals surface area contributed by atoms with Crippen molar-refractivity contribution in [2.45, 2.75) is 13.8 Å². The van der Waals surface area contributed by atoms with Crippen molar-refractivity contribution >= 4 is 31.5 Å². The molecule has 0 bridgehead atoms. The molecule has 0 saturated heterocycles. The quantitative estimate of drug-likeness (QED) is 0.655. The van der Waals surface area contributed by atoms with E-state index in [4.69, 9.17) is 4.74 Å². The van der Waals surface area contributed by atoms with E-state index in [2.05, 4.69) is 0 Å². The SMILES string of the molecule is CCOc1ccc(C)c2sc3ccccc3c(=O)c12. The third-order valence-corrected chi connectivity index (χ3v) is 4.49. The lowest BCUT2D eigenvalue weighted by Gasteiger charge is -2.09. The van der Waals surface area contributed by atoms with Crippen LogP contribution < -0.4 is 10.2 Å². The minimum Gasteiger partial charge on any atom is -0.493 e. The van der Waals surface area contributed by atoms with Crippen molar-refractivity contribution in [3.05, 3.63) is 52.2 Å². The Balaban J connectivity index is 2.53. The first-order chi connectivity index (χ1) is 9.22. The maximum Gasteiger partial charge on any atom is 0.199 e. The third kappa shape index (κ3) is 1.90. The molecular weight excluding hydrogens is 256 g/mol. The zero-order valence-electron chi connectivity index (χ0n) is 10.9. The fraction of sp³-hybridized carbons (Fsp3) is 0.188. The minimum absolute atomic E-state index is 0.0662. The molecule has 0 aliphatic carbocycles. The molecule has 2 aromatic carbocycles. The number of hydrogen-bond donors (Lipinski definition) is 0. The van der Waals surface area contributed by atoms with Crippen molar-refractivity contribution in [3.63, 3.8) is 0 Å². The molecule has 1 aromatic heterocycles. The van der Waals surface area contributed by atoms with Crippen molar-refractivity contribution in [2.75, 3.05) is 6.61 Å². The van der Waals surface area contributed by atoms with Crippen LogP contribution in [-0.4, -0.2) is 6.61 Å². The fourth-order valence-electron chi connectivity index (χ4n) is 2.28. The molecule has 0 radical (unpaired) electrons. The molecule has 0 unspecified atom stereocenters. The number of hydrogen-bond acceptors (Lipinski definition) is 3. The number of aryl methyl sites for hydroxylation is 1. The van der Waals surface area contributed by atoms with E-state index in [0.717, 1.165) is 20.3 Å². The van der Waals surface area contributed by atoms with Crippen LogP contribution in [0.1, 0.15) is 12.5 Å². The van der Waals surface area contributed by atoms with Crippen LogP contribution in [0.25, 0.3) is 20.2 Å². The summed E-state index contributed by atoms with van der Waals surface area (Å²) in [4.78, 5) is 12.7. The predicted molar refractivity (Wildman–Crippen MR) is 81.5 cm³/mol. The van der Waals surface area contributed by atoms with Crippen molar-refractivity contribution in [2.24, 2.45) is 0 Å². The van der Waals surface area contributed by atoms with Gasteiger partial charge in [0.05, 0.1) is 12.0 Å². The molecule has 0 aliphatic rings. The highest BCUT2D eigenvalue weighted by molar-refractivity contribution is 7.24. The summed E-state index contributed by atoms with van der Waals surface area (Å²) in [6.45, 7) is 4.53. The smallest absolute Gasteiger partial charge is 0.199 e. The molecule has 0 atom stereocenters. The molecule has 0 amide bonds. The lowest BCUT2D eigenvalue weighted by atomic mass is 10.1. The first kappa shape index (κ1) is 12.2. The Kier molecular flexibility index (Phi) is 2.99. The van der Waals surface area contributed by atoms with Crippen LogP contribution in [0, 0.1) is 6.92 Å². The third-order valence-electron chi connectivity index (χ3n) is 3.19.